The molecule has 11 atom stereocenters. The minimum absolute atomic E-state index is 0.212. The van der Waals surface area contributed by atoms with Crippen molar-refractivity contribution >= 4 is 5.97 Å². The third kappa shape index (κ3) is 15.7. The van der Waals surface area contributed by atoms with Gasteiger partial charge in [-0.25, -0.2) is 0 Å². The Morgan fingerprint density at radius 1 is 0.705 bits per heavy atom. The molecule has 0 fully saturated rings. The van der Waals surface area contributed by atoms with E-state index >= 15 is 0 Å². The molecular weight excluding hydrogens is 572 g/mol. The number of unbranched alkanes of at least 4 members (excludes halogenated alkanes) is 1. The van der Waals surface area contributed by atoms with Gasteiger partial charge in [0, 0.05) is 12.8 Å². The molecule has 1 rings (SSSR count). The van der Waals surface area contributed by atoms with Crippen molar-refractivity contribution in [3.8, 4) is 0 Å². The predicted octanol–water partition coefficient (Wildman–Crippen LogP) is 1.11. The lowest BCUT2D eigenvalue weighted by Gasteiger charge is -2.27. The summed E-state index contributed by atoms with van der Waals surface area (Å²) in [4.78, 5) is 12.9. The molecule has 0 saturated carbocycles. The molecule has 1 aliphatic rings. The molecule has 1 aliphatic heterocycles. The van der Waals surface area contributed by atoms with Gasteiger partial charge in [0.25, 0.3) is 0 Å². The zero-order chi connectivity index (χ0) is 33.2. The molecule has 11 heteroatoms. The van der Waals surface area contributed by atoms with Gasteiger partial charge in [-0.2, -0.15) is 0 Å². The lowest BCUT2D eigenvalue weighted by Crippen LogP contribution is -2.40. The summed E-state index contributed by atoms with van der Waals surface area (Å²) >= 11 is 0. The third-order valence-electron chi connectivity index (χ3n) is 7.60. The minimum Gasteiger partial charge on any atom is -0.459 e. The van der Waals surface area contributed by atoms with Gasteiger partial charge >= 0.3 is 5.97 Å². The number of allylic oxidation sites excluding steroid dienone is 8. The smallest absolute Gasteiger partial charge is 0.311 e. The first-order chi connectivity index (χ1) is 20.8. The van der Waals surface area contributed by atoms with E-state index in [2.05, 4.69) is 0 Å². The molecule has 252 valence electrons. The second-order valence-corrected chi connectivity index (χ2v) is 11.7. The van der Waals surface area contributed by atoms with Gasteiger partial charge in [-0.15, -0.1) is 0 Å². The Morgan fingerprint density at radius 3 is 1.73 bits per heavy atom. The van der Waals surface area contributed by atoms with Gasteiger partial charge in [0.2, 0.25) is 0 Å². The number of carbonyl (C=O) groups is 1. The van der Waals surface area contributed by atoms with Crippen molar-refractivity contribution in [2.24, 2.45) is 5.92 Å². The molecule has 0 unspecified atom stereocenters. The number of rotatable bonds is 3. The van der Waals surface area contributed by atoms with Crippen LogP contribution >= 0.6 is 0 Å². The van der Waals surface area contributed by atoms with Crippen molar-refractivity contribution < 1.29 is 55.5 Å². The van der Waals surface area contributed by atoms with Gasteiger partial charge in [0.1, 0.15) is 24.4 Å². The van der Waals surface area contributed by atoms with Crippen LogP contribution < -0.4 is 0 Å². The van der Waals surface area contributed by atoms with E-state index in [9.17, 15) is 50.8 Å². The fourth-order valence-corrected chi connectivity index (χ4v) is 4.86. The lowest BCUT2D eigenvalue weighted by atomic mass is 9.90. The normalized spacial score (nSPS) is 40.8. The Kier molecular flexibility index (Phi) is 19.5. The van der Waals surface area contributed by atoms with Crippen molar-refractivity contribution in [1.82, 2.24) is 0 Å². The van der Waals surface area contributed by atoms with Crippen LogP contribution in [0.25, 0.3) is 0 Å². The molecule has 11 nitrogen and oxygen atoms in total. The number of cyclic esters (lactones) is 1. The van der Waals surface area contributed by atoms with Crippen LogP contribution in [0.15, 0.2) is 60.3 Å². The first kappa shape index (κ1) is 39.8. The molecule has 0 aromatic heterocycles. The van der Waals surface area contributed by atoms with Crippen LogP contribution in [0.1, 0.15) is 72.1 Å². The average molecular weight is 627 g/mol. The van der Waals surface area contributed by atoms with Crippen LogP contribution in [0.4, 0.5) is 0 Å². The summed E-state index contributed by atoms with van der Waals surface area (Å²) in [7, 11) is 0. The maximum Gasteiger partial charge on any atom is 0.311 e. The molecule has 9 N–H and O–H groups in total. The van der Waals surface area contributed by atoms with Gasteiger partial charge in [-0.1, -0.05) is 74.4 Å². The van der Waals surface area contributed by atoms with E-state index in [4.69, 9.17) is 4.74 Å². The number of aliphatic hydroxyl groups is 9. The van der Waals surface area contributed by atoms with Crippen LogP contribution in [-0.2, 0) is 9.53 Å². The largest absolute Gasteiger partial charge is 0.459 e. The van der Waals surface area contributed by atoms with Crippen LogP contribution in [0.5, 0.6) is 0 Å². The van der Waals surface area contributed by atoms with Gasteiger partial charge in [0.15, 0.2) is 0 Å². The third-order valence-corrected chi connectivity index (χ3v) is 7.60. The molecule has 0 saturated heterocycles. The van der Waals surface area contributed by atoms with E-state index in [-0.39, 0.29) is 32.1 Å². The molecule has 0 aromatic rings. The molecule has 0 bridgehead atoms. The van der Waals surface area contributed by atoms with Gasteiger partial charge < -0.3 is 50.7 Å². The minimum atomic E-state index is -1.59. The van der Waals surface area contributed by atoms with Crippen molar-refractivity contribution in [2.75, 3.05) is 0 Å². The number of aliphatic hydroxyl groups excluding tert-OH is 9. The first-order valence-electron chi connectivity index (χ1n) is 15.4. The fraction of sp³-hybridized carbons (Fsp3) is 0.667. The molecule has 1 heterocycles. The molecular formula is C33H54O11. The number of carbonyl (C=O) groups excluding carboxylic acids is 1. The van der Waals surface area contributed by atoms with Crippen molar-refractivity contribution in [1.29, 1.82) is 0 Å². The quantitative estimate of drug-likeness (QED) is 0.203. The highest BCUT2D eigenvalue weighted by Gasteiger charge is 2.32. The van der Waals surface area contributed by atoms with Gasteiger partial charge in [0.05, 0.1) is 42.5 Å². The van der Waals surface area contributed by atoms with E-state index < -0.39 is 72.9 Å². The van der Waals surface area contributed by atoms with E-state index in [1.807, 2.05) is 6.92 Å². The SMILES string of the molecule is CCCC[C@H]1C(=O)O[C@@H](C)[C@@H](O)\C=C/C=C\C=C/C=C\C=C(\C)[C@H](O)[C@@H](O)[C@H](O)C[C@H](O)C[C@H](O)C[C@H](O)C[C@@H](O)C[C@H]1O. The summed E-state index contributed by atoms with van der Waals surface area (Å²) in [5, 5.41) is 93.9. The number of hydrogen-bond acceptors (Lipinski definition) is 11. The zero-order valence-electron chi connectivity index (χ0n) is 26.0. The maximum absolute atomic E-state index is 12.9. The highest BCUT2D eigenvalue weighted by atomic mass is 16.6. The van der Waals surface area contributed by atoms with E-state index in [0.29, 0.717) is 18.4 Å². The van der Waals surface area contributed by atoms with Crippen LogP contribution in [0.3, 0.4) is 0 Å². The Balaban J connectivity index is 3.11. The second-order valence-electron chi connectivity index (χ2n) is 11.7. The molecule has 0 spiro atoms. The van der Waals surface area contributed by atoms with E-state index in [1.165, 1.54) is 13.0 Å². The Morgan fingerprint density at radius 2 is 1.18 bits per heavy atom. The van der Waals surface area contributed by atoms with Gasteiger partial charge in [-0.05, 0) is 45.1 Å². The number of hydrogen-bond donors (Lipinski definition) is 9. The summed E-state index contributed by atoms with van der Waals surface area (Å²) in [5.74, 6) is -1.66. The number of ether oxygens (including phenoxy) is 1. The molecule has 0 aliphatic carbocycles. The van der Waals surface area contributed by atoms with Gasteiger partial charge in [-0.3, -0.25) is 4.79 Å². The monoisotopic (exact) mass is 626 g/mol. The number of esters is 1. The second kappa shape index (κ2) is 21.5. The highest BCUT2D eigenvalue weighted by Crippen LogP contribution is 2.23. The highest BCUT2D eigenvalue weighted by molar-refractivity contribution is 5.73. The predicted molar refractivity (Wildman–Crippen MR) is 166 cm³/mol. The zero-order valence-corrected chi connectivity index (χ0v) is 26.0. The summed E-state index contributed by atoms with van der Waals surface area (Å²) < 4.78 is 5.44. The summed E-state index contributed by atoms with van der Waals surface area (Å²) in [6.45, 7) is 5.03. The van der Waals surface area contributed by atoms with Crippen LogP contribution in [0.2, 0.25) is 0 Å². The van der Waals surface area contributed by atoms with Crippen molar-refractivity contribution in [2.45, 2.75) is 133 Å². The topological polar surface area (TPSA) is 208 Å². The van der Waals surface area contributed by atoms with E-state index in [0.717, 1.165) is 6.42 Å². The summed E-state index contributed by atoms with van der Waals surface area (Å²) in [5.41, 5.74) is 0.370. The molecule has 44 heavy (non-hydrogen) atoms. The summed E-state index contributed by atoms with van der Waals surface area (Å²) in [6, 6.07) is 0. The molecule has 0 aromatic carbocycles. The first-order valence-corrected chi connectivity index (χ1v) is 15.4. The maximum atomic E-state index is 12.9. The molecule has 0 amide bonds. The Hall–Kier alpha value is -2.19. The molecule has 0 radical (unpaired) electrons. The average Bonchev–Trinajstić information content (AvgIpc) is 2.94. The fourth-order valence-electron chi connectivity index (χ4n) is 4.86. The lowest BCUT2D eigenvalue weighted by molar-refractivity contribution is -0.162. The van der Waals surface area contributed by atoms with E-state index in [1.54, 1.807) is 55.5 Å². The van der Waals surface area contributed by atoms with Crippen molar-refractivity contribution in [3.63, 3.8) is 0 Å². The Labute approximate surface area is 260 Å². The Bertz CT molecular complexity index is 959. The van der Waals surface area contributed by atoms with Crippen LogP contribution in [0, 0.1) is 5.92 Å². The summed E-state index contributed by atoms with van der Waals surface area (Å²) in [6.07, 6.45) is 2.50. The standard InChI is InChI=1S/C33H54O11/c1-4-5-14-27-29(39)19-25(36)17-23(34)16-24(35)18-26(37)20-30(40)32(42)31(41)21(2)13-11-9-7-6-8-10-12-15-28(38)22(3)44-33(27)43/h6-13,15,22-32,34-42H,4-5,14,16-20H2,1-3H3/b7-6-,10-8-,11-9-,15-12-,21-13-/t22-,23-,24+,25+,26+,27+,28-,29+,30+,31-,32-/m0/s1. The van der Waals surface area contributed by atoms with Crippen molar-refractivity contribution in [3.05, 3.63) is 60.3 Å². The van der Waals surface area contributed by atoms with Crippen LogP contribution in [-0.4, -0.2) is 113 Å².